The zero-order valence-corrected chi connectivity index (χ0v) is 27.7. The first-order valence-electron chi connectivity index (χ1n) is 11.9. The van der Waals surface area contributed by atoms with Crippen molar-refractivity contribution in [1.29, 1.82) is 0 Å². The molecule has 0 saturated heterocycles. The van der Waals surface area contributed by atoms with Crippen molar-refractivity contribution in [2.45, 2.75) is 40.7 Å². The monoisotopic (exact) mass is 633 g/mol. The third-order valence-corrected chi connectivity index (χ3v) is 7.12. The van der Waals surface area contributed by atoms with E-state index >= 15 is 0 Å². The third-order valence-electron chi connectivity index (χ3n) is 5.00. The van der Waals surface area contributed by atoms with Gasteiger partial charge in [-0.3, -0.25) is 19.4 Å². The van der Waals surface area contributed by atoms with Crippen LogP contribution in [0.2, 0.25) is 0 Å². The third kappa shape index (κ3) is 13.5. The number of hydrogen-bond donors (Lipinski definition) is 0. The minimum Gasteiger partial charge on any atom is -0.467 e. The molecule has 41 heavy (non-hydrogen) atoms. The molecule has 0 aliphatic rings. The maximum absolute atomic E-state index is 12.3. The van der Waals surface area contributed by atoms with Crippen LogP contribution in [0.1, 0.15) is 31.9 Å². The van der Waals surface area contributed by atoms with Gasteiger partial charge < -0.3 is 9.47 Å². The van der Waals surface area contributed by atoms with E-state index in [4.69, 9.17) is 9.47 Å². The Morgan fingerprint density at radius 2 is 1.32 bits per heavy atom. The van der Waals surface area contributed by atoms with Crippen LogP contribution in [0, 0.1) is 13.8 Å². The summed E-state index contributed by atoms with van der Waals surface area (Å²) in [6.07, 6.45) is 2.20. The number of nitrogens with zero attached hydrogens (tertiary/aromatic N) is 5. The molecule has 0 fully saturated rings. The summed E-state index contributed by atoms with van der Waals surface area (Å²) in [6.45, 7) is 8.78. The van der Waals surface area contributed by atoms with E-state index in [1.807, 2.05) is 44.6 Å². The first-order chi connectivity index (χ1) is 19.2. The first-order valence-corrected chi connectivity index (χ1v) is 15.1. The molecule has 0 N–H and O–H groups in total. The van der Waals surface area contributed by atoms with Gasteiger partial charge in [-0.25, -0.2) is 23.0 Å². The fraction of sp³-hybridized carbons (Fsp3) is 0.520. The van der Waals surface area contributed by atoms with E-state index < -0.39 is 24.2 Å². The molecule has 16 heteroatoms. The van der Waals surface area contributed by atoms with Gasteiger partial charge in [-0.1, -0.05) is 28.5 Å². The number of benzene rings is 1. The smallest absolute Gasteiger partial charge is 0.447 e. The first kappa shape index (κ1) is 38.0. The van der Waals surface area contributed by atoms with Crippen LogP contribution < -0.4 is 4.90 Å². The number of methoxy groups -OCH3 is 2. The van der Waals surface area contributed by atoms with Crippen molar-refractivity contribution in [1.82, 2.24) is 8.61 Å². The number of thioether (sulfide) groups is 2. The van der Waals surface area contributed by atoms with Crippen LogP contribution in [0.3, 0.4) is 0 Å². The topological polar surface area (TPSA) is 140 Å². The largest absolute Gasteiger partial charge is 0.467 e. The maximum atomic E-state index is 12.3. The summed E-state index contributed by atoms with van der Waals surface area (Å²) in [6, 6.07) is 5.01. The molecular weight excluding hydrogens is 595 g/mol. The molecule has 0 bridgehead atoms. The Morgan fingerprint density at radius 1 is 0.878 bits per heavy atom. The SMILES string of the molecule is COCC(=O)N(c1c(C)cccc1C)[C@H](C)C(=O)OC.CS/C(C)=N\OC(=O)N(C)SN(C)C(=O)O/N=C(/C)SC. The number of aryl methyl sites for hydroxylation is 2. The Hall–Kier alpha value is -2.95. The van der Waals surface area contributed by atoms with Crippen LogP contribution in [0.15, 0.2) is 28.5 Å². The molecule has 0 aromatic heterocycles. The normalized spacial score (nSPS) is 11.9. The van der Waals surface area contributed by atoms with Gasteiger partial charge in [0.25, 0.3) is 5.91 Å². The molecule has 1 atom stereocenters. The average Bonchev–Trinajstić information content (AvgIpc) is 2.95. The average molecular weight is 634 g/mol. The zero-order valence-electron chi connectivity index (χ0n) is 25.2. The molecule has 0 heterocycles. The van der Waals surface area contributed by atoms with Gasteiger partial charge in [0.15, 0.2) is 0 Å². The number of oxime groups is 2. The van der Waals surface area contributed by atoms with Crippen molar-refractivity contribution < 1.29 is 38.3 Å². The Labute approximate surface area is 254 Å². The second-order valence-electron chi connectivity index (χ2n) is 8.06. The summed E-state index contributed by atoms with van der Waals surface area (Å²) >= 11 is 3.51. The minimum atomic E-state index is -0.711. The molecule has 0 aliphatic carbocycles. The van der Waals surface area contributed by atoms with E-state index in [0.717, 1.165) is 37.6 Å². The lowest BCUT2D eigenvalue weighted by atomic mass is 10.1. The van der Waals surface area contributed by atoms with Gasteiger partial charge >= 0.3 is 18.2 Å². The molecule has 1 aromatic rings. The van der Waals surface area contributed by atoms with Crippen LogP contribution in [0.25, 0.3) is 0 Å². The summed E-state index contributed by atoms with van der Waals surface area (Å²) < 4.78 is 11.9. The predicted molar refractivity (Wildman–Crippen MR) is 166 cm³/mol. The molecule has 13 nitrogen and oxygen atoms in total. The van der Waals surface area contributed by atoms with Gasteiger partial charge in [0, 0.05) is 21.2 Å². The number of rotatable bonds is 9. The number of anilines is 1. The van der Waals surface area contributed by atoms with Crippen LogP contribution in [0.5, 0.6) is 0 Å². The van der Waals surface area contributed by atoms with E-state index in [-0.39, 0.29) is 12.5 Å². The second kappa shape index (κ2) is 20.0. The van der Waals surface area contributed by atoms with E-state index in [1.54, 1.807) is 20.8 Å². The van der Waals surface area contributed by atoms with Crippen molar-refractivity contribution in [3.05, 3.63) is 29.3 Å². The van der Waals surface area contributed by atoms with Crippen molar-refractivity contribution in [2.75, 3.05) is 52.3 Å². The zero-order chi connectivity index (χ0) is 31.7. The standard InChI is InChI=1S/C15H21NO4.C10H18N4O4S3/c1-10-7-6-8-11(2)14(10)16(13(17)9-19-4)12(3)15(18)20-5;1-7(19-5)11-17-9(15)13(3)21-14(4)10(16)18-12-8(2)20-6/h6-8,12H,9H2,1-5H3;1-6H3/b;11-7-,12-8-/t12-;/m1./s1. The number of carbonyl (C=O) groups is 4. The van der Waals surface area contributed by atoms with E-state index in [0.29, 0.717) is 10.1 Å². The highest BCUT2D eigenvalue weighted by atomic mass is 32.2. The molecule has 0 aliphatic heterocycles. The molecule has 230 valence electrons. The maximum Gasteiger partial charge on any atom is 0.447 e. The highest BCUT2D eigenvalue weighted by molar-refractivity contribution is 8.13. The summed E-state index contributed by atoms with van der Waals surface area (Å²) in [7, 11) is 5.64. The Bertz CT molecular complexity index is 1040. The Balaban J connectivity index is 0.000000781. The van der Waals surface area contributed by atoms with Crippen molar-refractivity contribution in [2.24, 2.45) is 10.3 Å². The van der Waals surface area contributed by atoms with E-state index in [2.05, 4.69) is 20.0 Å². The lowest BCUT2D eigenvalue weighted by Gasteiger charge is -2.30. The fourth-order valence-electron chi connectivity index (χ4n) is 2.84. The molecule has 1 aromatic carbocycles. The highest BCUT2D eigenvalue weighted by Gasteiger charge is 2.30. The number of amides is 3. The molecule has 3 amide bonds. The quantitative estimate of drug-likeness (QED) is 0.0914. The molecule has 0 unspecified atom stereocenters. The van der Waals surface area contributed by atoms with Gasteiger partial charge in [0.1, 0.15) is 22.7 Å². The molecule has 0 spiro atoms. The lowest BCUT2D eigenvalue weighted by molar-refractivity contribution is -0.143. The highest BCUT2D eigenvalue weighted by Crippen LogP contribution is 2.27. The van der Waals surface area contributed by atoms with Crippen LogP contribution in [-0.2, 0) is 28.7 Å². The summed E-state index contributed by atoms with van der Waals surface area (Å²) in [5.41, 5.74) is 2.57. The fourth-order valence-corrected chi connectivity index (χ4v) is 3.63. The van der Waals surface area contributed by atoms with Crippen molar-refractivity contribution in [3.63, 3.8) is 0 Å². The second-order valence-corrected chi connectivity index (χ2v) is 11.3. The van der Waals surface area contributed by atoms with E-state index in [1.165, 1.54) is 56.7 Å². The van der Waals surface area contributed by atoms with Crippen LogP contribution in [-0.4, -0.2) is 96.2 Å². The van der Waals surface area contributed by atoms with Crippen LogP contribution in [0.4, 0.5) is 15.3 Å². The molecular formula is C25H39N5O8S3. The molecule has 0 saturated carbocycles. The predicted octanol–water partition coefficient (Wildman–Crippen LogP) is 4.92. The van der Waals surface area contributed by atoms with E-state index in [9.17, 15) is 19.2 Å². The molecule has 1 rings (SSSR count). The summed E-state index contributed by atoms with van der Waals surface area (Å²) in [5, 5.41) is 8.42. The number of esters is 1. The van der Waals surface area contributed by atoms with Gasteiger partial charge in [0.2, 0.25) is 0 Å². The van der Waals surface area contributed by atoms with Gasteiger partial charge in [-0.15, -0.1) is 23.5 Å². The number of ether oxygens (including phenoxy) is 2. The summed E-state index contributed by atoms with van der Waals surface area (Å²) in [4.78, 5) is 58.1. The minimum absolute atomic E-state index is 0.0882. The summed E-state index contributed by atoms with van der Waals surface area (Å²) in [5.74, 6) is -0.736. The Kier molecular flexibility index (Phi) is 18.6. The van der Waals surface area contributed by atoms with Crippen LogP contribution >= 0.6 is 35.7 Å². The lowest BCUT2D eigenvalue weighted by Crippen LogP contribution is -2.46. The number of para-hydroxylation sites is 1. The van der Waals surface area contributed by atoms with Gasteiger partial charge in [-0.2, -0.15) is 0 Å². The Morgan fingerprint density at radius 3 is 1.68 bits per heavy atom. The van der Waals surface area contributed by atoms with Gasteiger partial charge in [-0.05, 0) is 58.3 Å². The number of hydrogen-bond acceptors (Lipinski definition) is 13. The number of carbonyl (C=O) groups excluding carboxylic acids is 4. The van der Waals surface area contributed by atoms with Gasteiger partial charge in [0.05, 0.1) is 24.9 Å². The van der Waals surface area contributed by atoms with Crippen molar-refractivity contribution in [3.8, 4) is 0 Å². The van der Waals surface area contributed by atoms with Crippen molar-refractivity contribution >= 4 is 75.5 Å². The molecule has 0 radical (unpaired) electrons.